The normalized spacial score (nSPS) is 30.1. The minimum atomic E-state index is 0.145. The molecule has 0 amide bonds. The molecule has 0 radical (unpaired) electrons. The third-order valence-electron chi connectivity index (χ3n) is 2.42. The fourth-order valence-electron chi connectivity index (χ4n) is 1.71. The van der Waals surface area contributed by atoms with Crippen molar-refractivity contribution in [2.45, 2.75) is 13.0 Å². The van der Waals surface area contributed by atoms with Crippen LogP contribution in [0.4, 0.5) is 0 Å². The average molecular weight is 210 g/mol. The third-order valence-corrected chi connectivity index (χ3v) is 2.78. The minimum absolute atomic E-state index is 0.145. The molecule has 0 aromatic heterocycles. The first-order valence-corrected chi connectivity index (χ1v) is 4.94. The standard InChI is InChI=1S/C11H12ClNO/c1-7-5-10(12)9-6-8(14-2)3-4-11(9)13-7/h3-6,9,11H,1-2H3. The third kappa shape index (κ3) is 1.62. The smallest absolute Gasteiger partial charge is 0.115 e. The molecule has 74 valence electrons. The van der Waals surface area contributed by atoms with Crippen molar-refractivity contribution in [3.05, 3.63) is 35.1 Å². The van der Waals surface area contributed by atoms with Crippen molar-refractivity contribution in [3.8, 4) is 0 Å². The maximum absolute atomic E-state index is 6.15. The molecule has 0 N–H and O–H groups in total. The van der Waals surface area contributed by atoms with Crippen LogP contribution in [0.15, 0.2) is 40.1 Å². The number of hydrogen-bond donors (Lipinski definition) is 0. The van der Waals surface area contributed by atoms with Gasteiger partial charge in [-0.3, -0.25) is 4.99 Å². The molecule has 2 nitrogen and oxygen atoms in total. The average Bonchev–Trinajstić information content (AvgIpc) is 2.17. The fourth-order valence-corrected chi connectivity index (χ4v) is 2.06. The molecule has 0 saturated heterocycles. The molecule has 0 aromatic rings. The van der Waals surface area contributed by atoms with Crippen LogP contribution in [-0.4, -0.2) is 18.9 Å². The van der Waals surface area contributed by atoms with Gasteiger partial charge >= 0.3 is 0 Å². The van der Waals surface area contributed by atoms with Gasteiger partial charge in [0, 0.05) is 16.7 Å². The Balaban J connectivity index is 2.31. The van der Waals surface area contributed by atoms with E-state index >= 15 is 0 Å². The highest BCUT2D eigenvalue weighted by molar-refractivity contribution is 6.32. The lowest BCUT2D eigenvalue weighted by Crippen LogP contribution is -2.23. The van der Waals surface area contributed by atoms with Gasteiger partial charge in [0.05, 0.1) is 13.2 Å². The Hall–Kier alpha value is -1.02. The number of rotatable bonds is 1. The SMILES string of the molecule is COC1=CC2C(Cl)=CC(C)=NC2C=C1. The van der Waals surface area contributed by atoms with E-state index in [1.54, 1.807) is 7.11 Å². The van der Waals surface area contributed by atoms with Crippen LogP contribution >= 0.6 is 11.6 Å². The van der Waals surface area contributed by atoms with E-state index in [-0.39, 0.29) is 12.0 Å². The molecule has 2 aliphatic rings. The Labute approximate surface area is 88.6 Å². The lowest BCUT2D eigenvalue weighted by molar-refractivity contribution is 0.300. The number of hydrogen-bond acceptors (Lipinski definition) is 2. The maximum Gasteiger partial charge on any atom is 0.115 e. The van der Waals surface area contributed by atoms with Crippen molar-refractivity contribution < 1.29 is 4.74 Å². The molecule has 0 bridgehead atoms. The van der Waals surface area contributed by atoms with Gasteiger partial charge in [0.1, 0.15) is 5.76 Å². The van der Waals surface area contributed by atoms with Gasteiger partial charge in [-0.15, -0.1) is 0 Å². The van der Waals surface area contributed by atoms with Gasteiger partial charge in [-0.2, -0.15) is 0 Å². The molecule has 14 heavy (non-hydrogen) atoms. The summed E-state index contributed by atoms with van der Waals surface area (Å²) in [6, 6.07) is 0.145. The van der Waals surface area contributed by atoms with Crippen LogP contribution in [0, 0.1) is 5.92 Å². The number of fused-ring (bicyclic) bond motifs is 1. The molecule has 1 heterocycles. The molecular formula is C11H12ClNO. The zero-order chi connectivity index (χ0) is 10.1. The van der Waals surface area contributed by atoms with Gasteiger partial charge in [-0.1, -0.05) is 17.7 Å². The number of methoxy groups -OCH3 is 1. The van der Waals surface area contributed by atoms with Gasteiger partial charge in [-0.05, 0) is 25.2 Å². The maximum atomic E-state index is 6.15. The predicted octanol–water partition coefficient (Wildman–Crippen LogP) is 2.67. The molecule has 2 atom stereocenters. The summed E-state index contributed by atoms with van der Waals surface area (Å²) in [6.07, 6.45) is 7.89. The molecule has 2 rings (SSSR count). The first kappa shape index (κ1) is 9.53. The van der Waals surface area contributed by atoms with E-state index in [1.165, 1.54) is 0 Å². The van der Waals surface area contributed by atoms with Crippen molar-refractivity contribution in [1.29, 1.82) is 0 Å². The van der Waals surface area contributed by atoms with E-state index < -0.39 is 0 Å². The van der Waals surface area contributed by atoms with Crippen LogP contribution in [0.3, 0.4) is 0 Å². The van der Waals surface area contributed by atoms with Crippen molar-refractivity contribution >= 4 is 17.3 Å². The lowest BCUT2D eigenvalue weighted by atomic mass is 9.91. The zero-order valence-corrected chi connectivity index (χ0v) is 8.95. The second kappa shape index (κ2) is 3.62. The number of allylic oxidation sites excluding steroid dienone is 2. The summed E-state index contributed by atoms with van der Waals surface area (Å²) in [5.41, 5.74) is 0.982. The van der Waals surface area contributed by atoms with E-state index in [4.69, 9.17) is 16.3 Å². The highest BCUT2D eigenvalue weighted by atomic mass is 35.5. The number of nitrogens with zero attached hydrogens (tertiary/aromatic N) is 1. The minimum Gasteiger partial charge on any atom is -0.497 e. The van der Waals surface area contributed by atoms with Crippen molar-refractivity contribution in [3.63, 3.8) is 0 Å². The highest BCUT2D eigenvalue weighted by Crippen LogP contribution is 2.31. The van der Waals surface area contributed by atoms with E-state index in [1.807, 2.05) is 31.2 Å². The summed E-state index contributed by atoms with van der Waals surface area (Å²) < 4.78 is 5.16. The van der Waals surface area contributed by atoms with E-state index in [2.05, 4.69) is 4.99 Å². The summed E-state index contributed by atoms with van der Waals surface area (Å²) >= 11 is 6.15. The van der Waals surface area contributed by atoms with Gasteiger partial charge in [0.25, 0.3) is 0 Å². The van der Waals surface area contributed by atoms with E-state index in [9.17, 15) is 0 Å². The fraction of sp³-hybridized carbons (Fsp3) is 0.364. The summed E-state index contributed by atoms with van der Waals surface area (Å²) in [6.45, 7) is 1.96. The first-order valence-electron chi connectivity index (χ1n) is 4.56. The number of ether oxygens (including phenoxy) is 1. The van der Waals surface area contributed by atoms with Crippen molar-refractivity contribution in [1.82, 2.24) is 0 Å². The van der Waals surface area contributed by atoms with Gasteiger partial charge in [0.2, 0.25) is 0 Å². The molecule has 1 aliphatic carbocycles. The Kier molecular flexibility index (Phi) is 2.46. The molecule has 3 heteroatoms. The number of aliphatic imine (C=N–C) groups is 1. The lowest BCUT2D eigenvalue weighted by Gasteiger charge is -2.25. The Bertz CT molecular complexity index is 365. The zero-order valence-electron chi connectivity index (χ0n) is 8.20. The molecule has 0 spiro atoms. The Morgan fingerprint density at radius 2 is 2.29 bits per heavy atom. The highest BCUT2D eigenvalue weighted by Gasteiger charge is 2.26. The first-order chi connectivity index (χ1) is 6.70. The van der Waals surface area contributed by atoms with Crippen LogP contribution in [-0.2, 0) is 4.74 Å². The summed E-state index contributed by atoms with van der Waals surface area (Å²) in [4.78, 5) is 4.49. The van der Waals surface area contributed by atoms with Crippen LogP contribution in [0.25, 0.3) is 0 Å². The van der Waals surface area contributed by atoms with Crippen LogP contribution in [0.1, 0.15) is 6.92 Å². The van der Waals surface area contributed by atoms with Crippen molar-refractivity contribution in [2.24, 2.45) is 10.9 Å². The summed E-state index contributed by atoms with van der Waals surface area (Å²) in [5.74, 6) is 1.01. The van der Waals surface area contributed by atoms with Crippen molar-refractivity contribution in [2.75, 3.05) is 7.11 Å². The van der Waals surface area contributed by atoms with E-state index in [0.29, 0.717) is 0 Å². The van der Waals surface area contributed by atoms with Crippen LogP contribution in [0.5, 0.6) is 0 Å². The van der Waals surface area contributed by atoms with E-state index in [0.717, 1.165) is 16.5 Å². The summed E-state index contributed by atoms with van der Waals surface area (Å²) in [5, 5.41) is 0.835. The quantitative estimate of drug-likeness (QED) is 0.651. The van der Waals surface area contributed by atoms with Gasteiger partial charge < -0.3 is 4.74 Å². The molecular weight excluding hydrogens is 198 g/mol. The molecule has 0 aromatic carbocycles. The topological polar surface area (TPSA) is 21.6 Å². The molecule has 1 aliphatic heterocycles. The Morgan fingerprint density at radius 1 is 1.50 bits per heavy atom. The molecule has 2 unspecified atom stereocenters. The number of dihydropyridines is 1. The molecule has 0 fully saturated rings. The second-order valence-corrected chi connectivity index (χ2v) is 3.88. The second-order valence-electron chi connectivity index (χ2n) is 3.45. The Morgan fingerprint density at radius 3 is 3.00 bits per heavy atom. The van der Waals surface area contributed by atoms with Crippen LogP contribution in [0.2, 0.25) is 0 Å². The predicted molar refractivity (Wildman–Crippen MR) is 58.6 cm³/mol. The largest absolute Gasteiger partial charge is 0.497 e. The van der Waals surface area contributed by atoms with Gasteiger partial charge in [-0.25, -0.2) is 0 Å². The molecule has 0 saturated carbocycles. The summed E-state index contributed by atoms with van der Waals surface area (Å²) in [7, 11) is 1.66. The van der Waals surface area contributed by atoms with Gasteiger partial charge in [0.15, 0.2) is 0 Å². The number of halogens is 1. The monoisotopic (exact) mass is 209 g/mol. The van der Waals surface area contributed by atoms with Crippen LogP contribution < -0.4 is 0 Å².